The van der Waals surface area contributed by atoms with Gasteiger partial charge in [-0.05, 0) is 49.5 Å². The van der Waals surface area contributed by atoms with E-state index < -0.39 is 26.3 Å². The summed E-state index contributed by atoms with van der Waals surface area (Å²) >= 11 is 0. The summed E-state index contributed by atoms with van der Waals surface area (Å²) in [6.45, 7) is 1.37. The highest BCUT2D eigenvalue weighted by atomic mass is 32.2. The molecule has 1 fully saturated rings. The van der Waals surface area contributed by atoms with E-state index in [-0.39, 0.29) is 37.0 Å². The van der Waals surface area contributed by atoms with Crippen molar-refractivity contribution in [1.82, 2.24) is 15.3 Å². The van der Waals surface area contributed by atoms with Crippen LogP contribution >= 0.6 is 0 Å². The van der Waals surface area contributed by atoms with Crippen molar-refractivity contribution in [3.8, 4) is 23.7 Å². The largest absolute Gasteiger partial charge is 0.396 e. The van der Waals surface area contributed by atoms with E-state index in [4.69, 9.17) is 10.3 Å². The number of rotatable bonds is 6. The molecule has 0 aliphatic heterocycles. The lowest BCUT2D eigenvalue weighted by Crippen LogP contribution is -2.49. The molecule has 0 radical (unpaired) electrons. The molecule has 0 saturated heterocycles. The maximum absolute atomic E-state index is 14.3. The minimum Gasteiger partial charge on any atom is -0.396 e. The summed E-state index contributed by atoms with van der Waals surface area (Å²) in [6.07, 6.45) is 3.22. The summed E-state index contributed by atoms with van der Waals surface area (Å²) in [5, 5.41) is 22.7. The Morgan fingerprint density at radius 3 is 2.77 bits per heavy atom. The molecule has 1 aromatic carbocycles. The number of sulfone groups is 1. The smallest absolute Gasteiger partial charge is 0.264 e. The summed E-state index contributed by atoms with van der Waals surface area (Å²) in [7, 11) is -3.83. The predicted octanol–water partition coefficient (Wildman–Crippen LogP) is 0.857. The van der Waals surface area contributed by atoms with Crippen LogP contribution in [-0.2, 0) is 21.2 Å². The van der Waals surface area contributed by atoms with Crippen LogP contribution in [0.15, 0.2) is 18.3 Å². The van der Waals surface area contributed by atoms with Gasteiger partial charge >= 0.3 is 0 Å². The molecule has 1 aliphatic carbocycles. The van der Waals surface area contributed by atoms with Gasteiger partial charge in [0, 0.05) is 43.0 Å². The van der Waals surface area contributed by atoms with E-state index in [1.165, 1.54) is 29.2 Å². The Morgan fingerprint density at radius 1 is 1.42 bits per heavy atom. The minimum absolute atomic E-state index is 0.0488. The van der Waals surface area contributed by atoms with Crippen LogP contribution in [0.3, 0.4) is 0 Å². The van der Waals surface area contributed by atoms with Gasteiger partial charge in [0.25, 0.3) is 5.91 Å². The molecule has 2 aromatic rings. The van der Waals surface area contributed by atoms with Crippen molar-refractivity contribution < 1.29 is 27.9 Å². The monoisotopic (exact) mass is 447 g/mol. The lowest BCUT2D eigenvalue weighted by atomic mass is 10.1. The SMILES string of the molecule is CC(CCn1cc2cc(C#CC#CC3C[C@@H]3CO)c(F)cc2n1)(C(=O)NO)S(C)(=O)=O. The standard InChI is InChI=1S/C21H22FN3O5S/c1-21(20(27)24-28,31(2,29)30)7-8-25-12-16-10-15(18(22)11-19(16)23-25)6-4-3-5-14-9-17(14)13-26/h10-12,14,17,26,28H,7-9,13H2,1-2H3,(H,24,27)/t14?,17-,21?/m1/s1. The van der Waals surface area contributed by atoms with E-state index in [1.54, 1.807) is 6.20 Å². The number of aliphatic hydroxyl groups excluding tert-OH is 1. The van der Waals surface area contributed by atoms with Crippen LogP contribution in [-0.4, -0.2) is 52.0 Å². The topological polar surface area (TPSA) is 122 Å². The average Bonchev–Trinajstić information content (AvgIpc) is 3.37. The van der Waals surface area contributed by atoms with Crippen molar-refractivity contribution in [3.63, 3.8) is 0 Å². The molecule has 0 spiro atoms. The van der Waals surface area contributed by atoms with Crippen LogP contribution in [0, 0.1) is 41.3 Å². The fourth-order valence-electron chi connectivity index (χ4n) is 3.07. The lowest BCUT2D eigenvalue weighted by molar-refractivity contribution is -0.131. The van der Waals surface area contributed by atoms with Gasteiger partial charge in [0.05, 0.1) is 11.1 Å². The average molecular weight is 447 g/mol. The highest BCUT2D eigenvalue weighted by Gasteiger charge is 2.43. The fraction of sp³-hybridized carbons (Fsp3) is 0.429. The van der Waals surface area contributed by atoms with Gasteiger partial charge in [0.15, 0.2) is 14.6 Å². The zero-order valence-corrected chi connectivity index (χ0v) is 17.8. The Kier molecular flexibility index (Phi) is 6.37. The number of aliphatic hydroxyl groups is 1. The Hall–Kier alpha value is -2.92. The van der Waals surface area contributed by atoms with E-state index in [0.717, 1.165) is 12.7 Å². The van der Waals surface area contributed by atoms with Crippen molar-refractivity contribution in [2.45, 2.75) is 31.1 Å². The molecule has 10 heteroatoms. The lowest BCUT2D eigenvalue weighted by Gasteiger charge is -2.24. The summed E-state index contributed by atoms with van der Waals surface area (Å²) in [4.78, 5) is 11.9. The van der Waals surface area contributed by atoms with E-state index in [2.05, 4.69) is 28.8 Å². The first-order chi connectivity index (χ1) is 14.6. The third-order valence-electron chi connectivity index (χ3n) is 5.53. The third kappa shape index (κ3) is 4.88. The Morgan fingerprint density at radius 2 is 2.16 bits per heavy atom. The van der Waals surface area contributed by atoms with Crippen LogP contribution in [0.2, 0.25) is 0 Å². The number of carbonyl (C=O) groups excluding carboxylic acids is 1. The van der Waals surface area contributed by atoms with Gasteiger partial charge < -0.3 is 5.11 Å². The maximum Gasteiger partial charge on any atom is 0.264 e. The molecule has 3 N–H and O–H groups in total. The first kappa shape index (κ1) is 22.8. The maximum atomic E-state index is 14.3. The Labute approximate surface area is 179 Å². The molecule has 31 heavy (non-hydrogen) atoms. The third-order valence-corrected chi connectivity index (χ3v) is 7.56. The number of fused-ring (bicyclic) bond motifs is 1. The first-order valence-corrected chi connectivity index (χ1v) is 11.4. The first-order valence-electron chi connectivity index (χ1n) is 9.52. The number of nitrogens with one attached hydrogen (secondary N) is 1. The van der Waals surface area contributed by atoms with Gasteiger partial charge in [-0.25, -0.2) is 18.3 Å². The van der Waals surface area contributed by atoms with Gasteiger partial charge in [-0.15, -0.1) is 0 Å². The molecule has 1 aromatic heterocycles. The highest BCUT2D eigenvalue weighted by Crippen LogP contribution is 2.36. The molecular formula is C21H22FN3O5S. The second kappa shape index (κ2) is 8.67. The van der Waals surface area contributed by atoms with Gasteiger partial charge in [-0.3, -0.25) is 14.7 Å². The summed E-state index contributed by atoms with van der Waals surface area (Å²) < 4.78 is 38.0. The zero-order valence-electron chi connectivity index (χ0n) is 17.0. The van der Waals surface area contributed by atoms with E-state index in [0.29, 0.717) is 10.9 Å². The van der Waals surface area contributed by atoms with E-state index >= 15 is 0 Å². The summed E-state index contributed by atoms with van der Waals surface area (Å²) in [5.74, 6) is 9.65. The normalized spacial score (nSPS) is 19.5. The van der Waals surface area contributed by atoms with Gasteiger partial charge in [0.1, 0.15) is 5.82 Å². The van der Waals surface area contributed by atoms with Crippen molar-refractivity contribution in [2.75, 3.05) is 12.9 Å². The number of benzene rings is 1. The number of hydroxylamine groups is 1. The number of hydrogen-bond donors (Lipinski definition) is 3. The Balaban J connectivity index is 1.78. The molecule has 1 saturated carbocycles. The molecule has 3 atom stereocenters. The Bertz CT molecular complexity index is 1250. The molecule has 3 rings (SSSR count). The molecule has 0 bridgehead atoms. The molecule has 1 amide bonds. The van der Waals surface area contributed by atoms with Gasteiger partial charge in [-0.1, -0.05) is 5.92 Å². The van der Waals surface area contributed by atoms with Crippen molar-refractivity contribution in [2.24, 2.45) is 11.8 Å². The van der Waals surface area contributed by atoms with Crippen LogP contribution in [0.5, 0.6) is 0 Å². The number of hydrogen-bond acceptors (Lipinski definition) is 6. The number of aromatic nitrogens is 2. The second-order valence-corrected chi connectivity index (χ2v) is 10.2. The number of aryl methyl sites for hydroxylation is 1. The number of halogens is 1. The number of amides is 1. The molecule has 164 valence electrons. The summed E-state index contributed by atoms with van der Waals surface area (Å²) in [6, 6.07) is 2.74. The fourth-order valence-corrected chi connectivity index (χ4v) is 3.92. The van der Waals surface area contributed by atoms with E-state index in [9.17, 15) is 17.6 Å². The number of nitrogens with zero attached hydrogens (tertiary/aromatic N) is 2. The molecular weight excluding hydrogens is 425 g/mol. The van der Waals surface area contributed by atoms with Gasteiger partial charge in [-0.2, -0.15) is 5.10 Å². The van der Waals surface area contributed by atoms with E-state index in [1.807, 2.05) is 0 Å². The van der Waals surface area contributed by atoms with Crippen LogP contribution in [0.4, 0.5) is 4.39 Å². The summed E-state index contributed by atoms with van der Waals surface area (Å²) in [5.41, 5.74) is 1.90. The highest BCUT2D eigenvalue weighted by molar-refractivity contribution is 7.92. The molecule has 1 heterocycles. The zero-order chi connectivity index (χ0) is 22.8. The van der Waals surface area contributed by atoms with Crippen LogP contribution < -0.4 is 5.48 Å². The van der Waals surface area contributed by atoms with Crippen molar-refractivity contribution in [3.05, 3.63) is 29.7 Å². The van der Waals surface area contributed by atoms with Crippen molar-refractivity contribution >= 4 is 26.6 Å². The molecule has 8 nitrogen and oxygen atoms in total. The molecule has 2 unspecified atom stereocenters. The predicted molar refractivity (Wildman–Crippen MR) is 111 cm³/mol. The quantitative estimate of drug-likeness (QED) is 0.343. The van der Waals surface area contributed by atoms with Crippen LogP contribution in [0.1, 0.15) is 25.3 Å². The second-order valence-electron chi connectivity index (χ2n) is 7.78. The molecule has 1 aliphatic rings. The van der Waals surface area contributed by atoms with Crippen molar-refractivity contribution in [1.29, 1.82) is 0 Å². The van der Waals surface area contributed by atoms with Gasteiger partial charge in [0.2, 0.25) is 0 Å². The number of carbonyl (C=O) groups is 1. The van der Waals surface area contributed by atoms with Crippen LogP contribution in [0.25, 0.3) is 10.9 Å². The minimum atomic E-state index is -3.83.